The lowest BCUT2D eigenvalue weighted by Crippen LogP contribution is -2.11. The van der Waals surface area contributed by atoms with E-state index in [0.717, 1.165) is 11.4 Å². The second-order valence-electron chi connectivity index (χ2n) is 5.43. The van der Waals surface area contributed by atoms with Crippen molar-refractivity contribution in [3.63, 3.8) is 0 Å². The number of hydrogen-bond acceptors (Lipinski definition) is 5. The largest absolute Gasteiger partial charge is 0.507 e. The summed E-state index contributed by atoms with van der Waals surface area (Å²) < 4.78 is 0. The molecule has 0 atom stereocenters. The standard InChI is InChI=1S/C15H17NOS.C4H4O4/c1-16(2)11-12-7-3-5-9-14(12)18-15-10-6-4-8-13(15)17;5-3(6)1-2-4(7)8/h3-10,17H,11H2,1-2H3;1-2H,(H,5,6)(H,7,8)/b;2-1+. The van der Waals surface area contributed by atoms with Gasteiger partial charge in [-0.3, -0.25) is 0 Å². The molecule has 0 aliphatic rings. The molecule has 2 aromatic rings. The summed E-state index contributed by atoms with van der Waals surface area (Å²) in [6.07, 6.45) is 1.12. The molecule has 26 heavy (non-hydrogen) atoms. The molecular weight excluding hydrogens is 354 g/mol. The van der Waals surface area contributed by atoms with Crippen LogP contribution in [0.1, 0.15) is 5.56 Å². The molecule has 2 aromatic carbocycles. The number of carboxylic acids is 2. The molecule has 6 nitrogen and oxygen atoms in total. The van der Waals surface area contributed by atoms with Crippen molar-refractivity contribution in [1.82, 2.24) is 4.90 Å². The Labute approximate surface area is 156 Å². The normalized spacial score (nSPS) is 10.4. The van der Waals surface area contributed by atoms with Crippen LogP contribution >= 0.6 is 11.8 Å². The molecule has 0 aliphatic carbocycles. The van der Waals surface area contributed by atoms with E-state index in [-0.39, 0.29) is 0 Å². The maximum absolute atomic E-state index is 9.81. The molecule has 0 amide bonds. The summed E-state index contributed by atoms with van der Waals surface area (Å²) in [6, 6.07) is 15.7. The fraction of sp³-hybridized carbons (Fsp3) is 0.158. The highest BCUT2D eigenvalue weighted by Gasteiger charge is 2.07. The summed E-state index contributed by atoms with van der Waals surface area (Å²) in [6.45, 7) is 0.900. The highest BCUT2D eigenvalue weighted by Crippen LogP contribution is 2.35. The molecule has 2 rings (SSSR count). The summed E-state index contributed by atoms with van der Waals surface area (Å²) in [5, 5.41) is 25.4. The van der Waals surface area contributed by atoms with Crippen molar-refractivity contribution < 1.29 is 24.9 Å². The van der Waals surface area contributed by atoms with E-state index in [0.29, 0.717) is 17.9 Å². The zero-order valence-corrected chi connectivity index (χ0v) is 15.3. The summed E-state index contributed by atoms with van der Waals surface area (Å²) in [5.41, 5.74) is 1.27. The van der Waals surface area contributed by atoms with Crippen molar-refractivity contribution in [3.05, 3.63) is 66.2 Å². The first-order valence-corrected chi connectivity index (χ1v) is 8.43. The van der Waals surface area contributed by atoms with Gasteiger partial charge in [0.25, 0.3) is 0 Å². The number of hydrogen-bond donors (Lipinski definition) is 3. The first kappa shape index (κ1) is 21.3. The predicted octanol–water partition coefficient (Wildman–Crippen LogP) is 3.32. The number of aliphatic carboxylic acids is 2. The molecular formula is C19H21NO5S. The molecule has 0 aromatic heterocycles. The van der Waals surface area contributed by atoms with Crippen LogP contribution in [0.3, 0.4) is 0 Å². The fourth-order valence-electron chi connectivity index (χ4n) is 1.88. The number of phenolic OH excluding ortho intramolecular Hbond substituents is 1. The van der Waals surface area contributed by atoms with Crippen LogP contribution in [-0.4, -0.2) is 46.3 Å². The number of benzene rings is 2. The number of carbonyl (C=O) groups is 2. The number of aromatic hydroxyl groups is 1. The van der Waals surface area contributed by atoms with E-state index in [1.807, 2.05) is 30.3 Å². The third-order valence-corrected chi connectivity index (χ3v) is 4.10. The van der Waals surface area contributed by atoms with Crippen LogP contribution in [0.4, 0.5) is 0 Å². The number of phenols is 1. The number of nitrogens with zero attached hydrogens (tertiary/aromatic N) is 1. The number of para-hydroxylation sites is 1. The van der Waals surface area contributed by atoms with Crippen molar-refractivity contribution >= 4 is 23.7 Å². The average molecular weight is 375 g/mol. The Morgan fingerprint density at radius 1 is 0.923 bits per heavy atom. The Balaban J connectivity index is 0.000000359. The lowest BCUT2D eigenvalue weighted by atomic mass is 10.2. The van der Waals surface area contributed by atoms with Crippen LogP contribution in [0.15, 0.2) is 70.5 Å². The molecule has 3 N–H and O–H groups in total. The maximum Gasteiger partial charge on any atom is 0.328 e. The highest BCUT2D eigenvalue weighted by molar-refractivity contribution is 7.99. The second-order valence-corrected chi connectivity index (χ2v) is 6.51. The van der Waals surface area contributed by atoms with Gasteiger partial charge < -0.3 is 20.2 Å². The van der Waals surface area contributed by atoms with Crippen LogP contribution in [0.25, 0.3) is 0 Å². The monoisotopic (exact) mass is 375 g/mol. The van der Waals surface area contributed by atoms with Crippen LogP contribution < -0.4 is 0 Å². The first-order valence-electron chi connectivity index (χ1n) is 7.62. The molecule has 0 spiro atoms. The third kappa shape index (κ3) is 8.36. The molecule has 0 unspecified atom stereocenters. The molecule has 0 heterocycles. The maximum atomic E-state index is 9.81. The number of rotatable bonds is 6. The van der Waals surface area contributed by atoms with Gasteiger partial charge in [-0.05, 0) is 37.9 Å². The van der Waals surface area contributed by atoms with Crippen molar-refractivity contribution in [2.24, 2.45) is 0 Å². The smallest absolute Gasteiger partial charge is 0.328 e. The van der Waals surface area contributed by atoms with Gasteiger partial charge in [0.2, 0.25) is 0 Å². The summed E-state index contributed by atoms with van der Waals surface area (Å²) in [4.78, 5) is 23.3. The minimum absolute atomic E-state index is 0.335. The van der Waals surface area contributed by atoms with Gasteiger partial charge in [-0.15, -0.1) is 0 Å². The van der Waals surface area contributed by atoms with Crippen molar-refractivity contribution in [3.8, 4) is 5.75 Å². The summed E-state index contributed by atoms with van der Waals surface area (Å²) in [5.74, 6) is -2.18. The predicted molar refractivity (Wildman–Crippen MR) is 100 cm³/mol. The van der Waals surface area contributed by atoms with E-state index >= 15 is 0 Å². The molecule has 0 fully saturated rings. The van der Waals surface area contributed by atoms with Gasteiger partial charge in [-0.25, -0.2) is 9.59 Å². The number of carboxylic acid groups (broad SMARTS) is 2. The fourth-order valence-corrected chi connectivity index (χ4v) is 2.85. The van der Waals surface area contributed by atoms with E-state index in [1.54, 1.807) is 17.8 Å². The minimum atomic E-state index is -1.26. The van der Waals surface area contributed by atoms with Gasteiger partial charge in [-0.1, -0.05) is 42.1 Å². The topological polar surface area (TPSA) is 98.1 Å². The molecule has 0 bridgehead atoms. The molecule has 0 radical (unpaired) electrons. The van der Waals surface area contributed by atoms with E-state index in [2.05, 4.69) is 31.1 Å². The lowest BCUT2D eigenvalue weighted by Gasteiger charge is -2.14. The first-order chi connectivity index (χ1) is 12.3. The Kier molecular flexibility index (Phi) is 8.97. The Bertz CT molecular complexity index is 758. The van der Waals surface area contributed by atoms with E-state index in [4.69, 9.17) is 10.2 Å². The Hall–Kier alpha value is -2.77. The zero-order valence-electron chi connectivity index (χ0n) is 14.5. The van der Waals surface area contributed by atoms with E-state index < -0.39 is 11.9 Å². The van der Waals surface area contributed by atoms with Crippen LogP contribution in [0.5, 0.6) is 5.75 Å². The molecule has 0 aliphatic heterocycles. The third-order valence-electron chi connectivity index (χ3n) is 2.91. The molecule has 138 valence electrons. The van der Waals surface area contributed by atoms with Gasteiger partial charge in [0.05, 0.1) is 4.90 Å². The second kappa shape index (κ2) is 11.0. The Morgan fingerprint density at radius 3 is 1.92 bits per heavy atom. The lowest BCUT2D eigenvalue weighted by molar-refractivity contribution is -0.134. The van der Waals surface area contributed by atoms with Crippen molar-refractivity contribution in [1.29, 1.82) is 0 Å². The minimum Gasteiger partial charge on any atom is -0.507 e. The quantitative estimate of drug-likeness (QED) is 0.666. The Morgan fingerprint density at radius 2 is 1.42 bits per heavy atom. The van der Waals surface area contributed by atoms with Gasteiger partial charge in [-0.2, -0.15) is 0 Å². The molecule has 7 heteroatoms. The van der Waals surface area contributed by atoms with E-state index in [1.165, 1.54) is 10.5 Å². The van der Waals surface area contributed by atoms with Gasteiger partial charge in [0.15, 0.2) is 0 Å². The van der Waals surface area contributed by atoms with Crippen LogP contribution in [-0.2, 0) is 16.1 Å². The van der Waals surface area contributed by atoms with Crippen molar-refractivity contribution in [2.45, 2.75) is 16.3 Å². The summed E-state index contributed by atoms with van der Waals surface area (Å²) >= 11 is 1.61. The van der Waals surface area contributed by atoms with Gasteiger partial charge in [0, 0.05) is 23.6 Å². The SMILES string of the molecule is CN(C)Cc1ccccc1Sc1ccccc1O.O=C(O)/C=C/C(=O)O. The highest BCUT2D eigenvalue weighted by atomic mass is 32.2. The van der Waals surface area contributed by atoms with Gasteiger partial charge in [0.1, 0.15) is 5.75 Å². The van der Waals surface area contributed by atoms with Gasteiger partial charge >= 0.3 is 11.9 Å². The van der Waals surface area contributed by atoms with Crippen molar-refractivity contribution in [2.75, 3.05) is 14.1 Å². The van der Waals surface area contributed by atoms with Crippen LogP contribution in [0, 0.1) is 0 Å². The zero-order chi connectivity index (χ0) is 19.5. The molecule has 0 saturated carbocycles. The molecule has 0 saturated heterocycles. The van der Waals surface area contributed by atoms with Crippen LogP contribution in [0.2, 0.25) is 0 Å². The van der Waals surface area contributed by atoms with E-state index in [9.17, 15) is 14.7 Å². The summed E-state index contributed by atoms with van der Waals surface area (Å²) in [7, 11) is 4.11. The average Bonchev–Trinajstić information content (AvgIpc) is 2.57.